The number of hydrogen-bond donors (Lipinski definition) is 1. The van der Waals surface area contributed by atoms with Crippen molar-refractivity contribution in [2.24, 2.45) is 0 Å². The summed E-state index contributed by atoms with van der Waals surface area (Å²) in [5.74, 6) is 1.62. The highest BCUT2D eigenvalue weighted by Gasteiger charge is 2.18. The van der Waals surface area contributed by atoms with Gasteiger partial charge in [0.05, 0.1) is 5.02 Å². The minimum atomic E-state index is 0.119. The van der Waals surface area contributed by atoms with Crippen LogP contribution in [-0.4, -0.2) is 57.5 Å². The van der Waals surface area contributed by atoms with E-state index in [9.17, 15) is 4.79 Å². The fourth-order valence-electron chi connectivity index (χ4n) is 4.01. The van der Waals surface area contributed by atoms with Crippen molar-refractivity contribution in [1.29, 1.82) is 0 Å². The number of para-hydroxylation sites is 1. The number of piperidine rings is 1. The summed E-state index contributed by atoms with van der Waals surface area (Å²) in [4.78, 5) is 14.7. The van der Waals surface area contributed by atoms with Crippen molar-refractivity contribution in [2.75, 3.05) is 31.9 Å². The second-order valence-corrected chi connectivity index (χ2v) is 9.63. The highest BCUT2D eigenvalue weighted by molar-refractivity contribution is 7.99. The van der Waals surface area contributed by atoms with E-state index in [4.69, 9.17) is 11.6 Å². The van der Waals surface area contributed by atoms with Gasteiger partial charge in [-0.05, 0) is 56.6 Å². The normalized spacial score (nSPS) is 14.3. The van der Waals surface area contributed by atoms with E-state index in [1.54, 1.807) is 11.8 Å². The van der Waals surface area contributed by atoms with Crippen LogP contribution >= 0.6 is 23.4 Å². The molecule has 0 spiro atoms. The molecule has 174 valence electrons. The number of hydrogen-bond acceptors (Lipinski definition) is 5. The van der Waals surface area contributed by atoms with Crippen LogP contribution in [0.25, 0.3) is 17.1 Å². The molecule has 1 amide bonds. The minimum absolute atomic E-state index is 0.119. The summed E-state index contributed by atoms with van der Waals surface area (Å²) in [5, 5.41) is 13.4. The molecule has 33 heavy (non-hydrogen) atoms. The highest BCUT2D eigenvalue weighted by Crippen LogP contribution is 2.32. The van der Waals surface area contributed by atoms with Crippen molar-refractivity contribution in [3.05, 3.63) is 59.6 Å². The number of rotatable bonds is 10. The summed E-state index contributed by atoms with van der Waals surface area (Å²) < 4.78 is 2.03. The van der Waals surface area contributed by atoms with Gasteiger partial charge >= 0.3 is 0 Å². The number of amides is 1. The summed E-state index contributed by atoms with van der Waals surface area (Å²) >= 11 is 8.05. The second-order valence-electron chi connectivity index (χ2n) is 8.16. The molecule has 0 saturated carbocycles. The zero-order valence-electron chi connectivity index (χ0n) is 18.8. The molecule has 4 rings (SSSR count). The lowest BCUT2D eigenvalue weighted by molar-refractivity contribution is -0.121. The fraction of sp³-hybridized carbons (Fsp3) is 0.400. The van der Waals surface area contributed by atoms with Gasteiger partial charge in [0.15, 0.2) is 11.0 Å². The molecular weight excluding hydrogens is 454 g/mol. The molecule has 2 aromatic carbocycles. The largest absolute Gasteiger partial charge is 0.355 e. The molecule has 1 aliphatic rings. The van der Waals surface area contributed by atoms with E-state index in [1.807, 2.05) is 59.2 Å². The average molecular weight is 484 g/mol. The van der Waals surface area contributed by atoms with Gasteiger partial charge in [-0.1, -0.05) is 60.1 Å². The van der Waals surface area contributed by atoms with Crippen molar-refractivity contribution >= 4 is 29.3 Å². The van der Waals surface area contributed by atoms with Crippen molar-refractivity contribution in [3.63, 3.8) is 0 Å². The van der Waals surface area contributed by atoms with E-state index in [-0.39, 0.29) is 5.91 Å². The summed E-state index contributed by atoms with van der Waals surface area (Å²) in [5.41, 5.74) is 1.82. The Hall–Kier alpha value is -2.35. The number of thioether (sulfide) groups is 1. The quantitative estimate of drug-likeness (QED) is 0.322. The van der Waals surface area contributed by atoms with Crippen LogP contribution in [-0.2, 0) is 4.79 Å². The van der Waals surface area contributed by atoms with Crippen LogP contribution in [0.15, 0.2) is 59.8 Å². The van der Waals surface area contributed by atoms with Gasteiger partial charge in [-0.2, -0.15) is 0 Å². The number of halogens is 1. The Morgan fingerprint density at radius 3 is 2.55 bits per heavy atom. The number of carbonyl (C=O) groups excluding carboxylic acids is 1. The zero-order chi connectivity index (χ0) is 22.9. The lowest BCUT2D eigenvalue weighted by atomic mass is 10.1. The fourth-order valence-corrected chi connectivity index (χ4v) is 5.12. The first-order chi connectivity index (χ1) is 16.2. The molecular formula is C25H30ClN5OS. The molecule has 0 radical (unpaired) electrons. The predicted octanol–water partition coefficient (Wildman–Crippen LogP) is 5.06. The first-order valence-electron chi connectivity index (χ1n) is 11.6. The van der Waals surface area contributed by atoms with Crippen molar-refractivity contribution < 1.29 is 4.79 Å². The lowest BCUT2D eigenvalue weighted by Crippen LogP contribution is -2.37. The zero-order valence-corrected chi connectivity index (χ0v) is 20.3. The van der Waals surface area contributed by atoms with Crippen LogP contribution in [0, 0.1) is 0 Å². The van der Waals surface area contributed by atoms with Crippen LogP contribution in [0.3, 0.4) is 0 Å². The van der Waals surface area contributed by atoms with Crippen molar-refractivity contribution in [1.82, 2.24) is 25.0 Å². The summed E-state index contributed by atoms with van der Waals surface area (Å²) in [6.45, 7) is 4.00. The SMILES string of the molecule is O=C(CCCSc1nnc(-c2ccccc2Cl)n1-c1ccccc1)NCCN1CCCCC1. The van der Waals surface area contributed by atoms with Crippen LogP contribution in [0.1, 0.15) is 32.1 Å². The summed E-state index contributed by atoms with van der Waals surface area (Å²) in [6, 6.07) is 17.7. The Labute approximate surface area is 204 Å². The highest BCUT2D eigenvalue weighted by atomic mass is 35.5. The molecule has 1 aromatic heterocycles. The molecule has 3 aromatic rings. The summed E-state index contributed by atoms with van der Waals surface area (Å²) in [6.07, 6.45) is 5.18. The van der Waals surface area contributed by atoms with E-state index in [1.165, 1.54) is 19.3 Å². The van der Waals surface area contributed by atoms with E-state index >= 15 is 0 Å². The molecule has 1 fully saturated rings. The van der Waals surface area contributed by atoms with Crippen molar-refractivity contribution in [3.8, 4) is 17.1 Å². The summed E-state index contributed by atoms with van der Waals surface area (Å²) in [7, 11) is 0. The van der Waals surface area contributed by atoms with E-state index in [2.05, 4.69) is 20.4 Å². The molecule has 6 nitrogen and oxygen atoms in total. The number of carbonyl (C=O) groups is 1. The monoisotopic (exact) mass is 483 g/mol. The number of likely N-dealkylation sites (tertiary alicyclic amines) is 1. The number of nitrogens with one attached hydrogen (secondary N) is 1. The Kier molecular flexibility index (Phi) is 8.80. The van der Waals surface area contributed by atoms with Crippen LogP contribution in [0.2, 0.25) is 5.02 Å². The van der Waals surface area contributed by atoms with E-state index < -0.39 is 0 Å². The number of nitrogens with zero attached hydrogens (tertiary/aromatic N) is 4. The van der Waals surface area contributed by atoms with E-state index in [0.29, 0.717) is 17.3 Å². The van der Waals surface area contributed by atoms with Gasteiger partial charge < -0.3 is 10.2 Å². The molecule has 0 bridgehead atoms. The van der Waals surface area contributed by atoms with Gasteiger partial charge in [0.1, 0.15) is 0 Å². The third-order valence-electron chi connectivity index (χ3n) is 5.74. The maximum Gasteiger partial charge on any atom is 0.220 e. The minimum Gasteiger partial charge on any atom is -0.355 e. The first kappa shape index (κ1) is 23.8. The number of aromatic nitrogens is 3. The molecule has 8 heteroatoms. The third kappa shape index (κ3) is 6.59. The van der Waals surface area contributed by atoms with Crippen LogP contribution in [0.5, 0.6) is 0 Å². The second kappa shape index (κ2) is 12.2. The molecule has 0 unspecified atom stereocenters. The molecule has 1 saturated heterocycles. The average Bonchev–Trinajstić information content (AvgIpc) is 3.27. The first-order valence-corrected chi connectivity index (χ1v) is 13.0. The number of benzene rings is 2. The van der Waals surface area contributed by atoms with Crippen LogP contribution in [0.4, 0.5) is 0 Å². The van der Waals surface area contributed by atoms with Gasteiger partial charge in [0, 0.05) is 36.5 Å². The molecule has 0 aliphatic carbocycles. The topological polar surface area (TPSA) is 63.1 Å². The molecule has 2 heterocycles. The van der Waals surface area contributed by atoms with Gasteiger partial charge in [0.2, 0.25) is 5.91 Å². The smallest absolute Gasteiger partial charge is 0.220 e. The third-order valence-corrected chi connectivity index (χ3v) is 7.09. The van der Waals surface area contributed by atoms with Gasteiger partial charge in [-0.3, -0.25) is 9.36 Å². The lowest BCUT2D eigenvalue weighted by Gasteiger charge is -2.26. The predicted molar refractivity (Wildman–Crippen MR) is 135 cm³/mol. The Balaban J connectivity index is 1.32. The van der Waals surface area contributed by atoms with Gasteiger partial charge in [0.25, 0.3) is 0 Å². The Bertz CT molecular complexity index is 1040. The van der Waals surface area contributed by atoms with E-state index in [0.717, 1.165) is 54.8 Å². The standard InChI is InChI=1S/C25H30ClN5OS/c26-22-13-6-5-12-21(22)24-28-29-25(31(24)20-10-3-1-4-11-20)33-19-9-14-23(32)27-15-18-30-16-7-2-8-17-30/h1,3-6,10-13H,2,7-9,14-19H2,(H,27,32). The Morgan fingerprint density at radius 1 is 1.00 bits per heavy atom. The maximum absolute atomic E-state index is 12.2. The van der Waals surface area contributed by atoms with Crippen LogP contribution < -0.4 is 5.32 Å². The van der Waals surface area contributed by atoms with Gasteiger partial charge in [-0.15, -0.1) is 10.2 Å². The molecule has 1 N–H and O–H groups in total. The van der Waals surface area contributed by atoms with Crippen molar-refractivity contribution in [2.45, 2.75) is 37.3 Å². The Morgan fingerprint density at radius 2 is 1.76 bits per heavy atom. The molecule has 1 aliphatic heterocycles. The molecule has 0 atom stereocenters. The van der Waals surface area contributed by atoms with Gasteiger partial charge in [-0.25, -0.2) is 0 Å². The maximum atomic E-state index is 12.2.